The fraction of sp³-hybridized carbons (Fsp3) is 0.500. The monoisotopic (exact) mass is 275 g/mol. The molecule has 1 aliphatic rings. The highest BCUT2D eigenvalue weighted by Crippen LogP contribution is 2.29. The molecule has 100 valence electrons. The number of rotatable bonds is 2. The Morgan fingerprint density at radius 2 is 2.00 bits per heavy atom. The zero-order valence-corrected chi connectivity index (χ0v) is 10.9. The molecule has 1 aliphatic heterocycles. The minimum Gasteiger partial charge on any atom is -0.310 e. The molecule has 0 radical (unpaired) electrons. The summed E-state index contributed by atoms with van der Waals surface area (Å²) < 4.78 is 50.4. The number of piperidine rings is 1. The van der Waals surface area contributed by atoms with Gasteiger partial charge in [-0.1, -0.05) is 12.5 Å². The summed E-state index contributed by atoms with van der Waals surface area (Å²) in [6.07, 6.45) is 3.50. The first-order valence-corrected chi connectivity index (χ1v) is 7.71. The summed E-state index contributed by atoms with van der Waals surface area (Å²) in [5, 5.41) is 3.12. The van der Waals surface area contributed by atoms with Crippen LogP contribution in [0.2, 0.25) is 0 Å². The van der Waals surface area contributed by atoms with Crippen LogP contribution in [0.25, 0.3) is 0 Å². The van der Waals surface area contributed by atoms with Gasteiger partial charge in [-0.15, -0.1) is 0 Å². The van der Waals surface area contributed by atoms with Crippen LogP contribution in [0.15, 0.2) is 17.0 Å². The van der Waals surface area contributed by atoms with E-state index in [1.807, 2.05) is 0 Å². The van der Waals surface area contributed by atoms with Crippen molar-refractivity contribution in [3.8, 4) is 0 Å². The van der Waals surface area contributed by atoms with Crippen LogP contribution in [-0.4, -0.2) is 21.2 Å². The fourth-order valence-corrected chi connectivity index (χ4v) is 3.14. The highest BCUT2D eigenvalue weighted by atomic mass is 32.2. The van der Waals surface area contributed by atoms with Crippen LogP contribution in [0.4, 0.5) is 8.78 Å². The van der Waals surface area contributed by atoms with Gasteiger partial charge in [0, 0.05) is 17.9 Å². The number of halogens is 2. The van der Waals surface area contributed by atoms with Crippen molar-refractivity contribution in [2.75, 3.05) is 12.8 Å². The Bertz CT molecular complexity index is 551. The highest BCUT2D eigenvalue weighted by Gasteiger charge is 2.26. The van der Waals surface area contributed by atoms with Crippen molar-refractivity contribution in [2.45, 2.75) is 30.2 Å². The molecule has 1 unspecified atom stereocenters. The number of benzene rings is 1. The molecule has 0 aromatic heterocycles. The van der Waals surface area contributed by atoms with E-state index in [0.717, 1.165) is 38.1 Å². The van der Waals surface area contributed by atoms with Gasteiger partial charge in [0.25, 0.3) is 0 Å². The third-order valence-corrected chi connectivity index (χ3v) is 4.25. The molecular weight excluding hydrogens is 260 g/mol. The Balaban J connectivity index is 2.50. The zero-order chi connectivity index (χ0) is 13.3. The lowest BCUT2D eigenvalue weighted by Gasteiger charge is -2.24. The van der Waals surface area contributed by atoms with Gasteiger partial charge >= 0.3 is 0 Å². The molecule has 18 heavy (non-hydrogen) atoms. The van der Waals surface area contributed by atoms with Crippen LogP contribution >= 0.6 is 0 Å². The van der Waals surface area contributed by atoms with E-state index in [1.165, 1.54) is 6.07 Å². The lowest BCUT2D eigenvalue weighted by molar-refractivity contribution is 0.393. The average Bonchev–Trinajstić information content (AvgIpc) is 2.28. The van der Waals surface area contributed by atoms with Crippen LogP contribution in [0, 0.1) is 11.6 Å². The van der Waals surface area contributed by atoms with Crippen molar-refractivity contribution in [1.82, 2.24) is 5.32 Å². The number of hydrogen-bond donors (Lipinski definition) is 1. The van der Waals surface area contributed by atoms with Gasteiger partial charge in [-0.25, -0.2) is 17.2 Å². The lowest BCUT2D eigenvalue weighted by Crippen LogP contribution is -2.28. The second-order valence-corrected chi connectivity index (χ2v) is 6.51. The summed E-state index contributed by atoms with van der Waals surface area (Å²) in [5.41, 5.74) is 0.233. The van der Waals surface area contributed by atoms with Crippen LogP contribution < -0.4 is 5.32 Å². The molecule has 1 heterocycles. The molecule has 0 saturated carbocycles. The van der Waals surface area contributed by atoms with Gasteiger partial charge in [0.1, 0.15) is 16.5 Å². The van der Waals surface area contributed by atoms with E-state index in [1.54, 1.807) is 0 Å². The van der Waals surface area contributed by atoms with Gasteiger partial charge in [-0.3, -0.25) is 0 Å². The Kier molecular flexibility index (Phi) is 3.68. The van der Waals surface area contributed by atoms with E-state index in [4.69, 9.17) is 0 Å². The van der Waals surface area contributed by atoms with Gasteiger partial charge in [0.05, 0.1) is 0 Å². The molecule has 1 aromatic rings. The van der Waals surface area contributed by atoms with E-state index in [9.17, 15) is 17.2 Å². The smallest absolute Gasteiger partial charge is 0.181 e. The third-order valence-electron chi connectivity index (χ3n) is 3.14. The zero-order valence-electron chi connectivity index (χ0n) is 10.0. The van der Waals surface area contributed by atoms with Crippen LogP contribution in [0.5, 0.6) is 0 Å². The van der Waals surface area contributed by atoms with Crippen LogP contribution in [-0.2, 0) is 9.84 Å². The van der Waals surface area contributed by atoms with Gasteiger partial charge < -0.3 is 5.32 Å². The fourth-order valence-electron chi connectivity index (χ4n) is 2.27. The molecule has 1 atom stereocenters. The van der Waals surface area contributed by atoms with E-state index in [0.29, 0.717) is 0 Å². The summed E-state index contributed by atoms with van der Waals surface area (Å²) in [7, 11) is -3.90. The van der Waals surface area contributed by atoms with Gasteiger partial charge in [-0.2, -0.15) is 0 Å². The number of nitrogens with one attached hydrogen (secondary N) is 1. The molecule has 0 amide bonds. The summed E-state index contributed by atoms with van der Waals surface area (Å²) in [6.45, 7) is 0.760. The van der Waals surface area contributed by atoms with Crippen molar-refractivity contribution in [3.63, 3.8) is 0 Å². The van der Waals surface area contributed by atoms with E-state index in [2.05, 4.69) is 5.32 Å². The first kappa shape index (κ1) is 13.4. The topological polar surface area (TPSA) is 46.2 Å². The summed E-state index contributed by atoms with van der Waals surface area (Å²) in [4.78, 5) is -0.827. The van der Waals surface area contributed by atoms with E-state index >= 15 is 0 Å². The minimum atomic E-state index is -3.90. The van der Waals surface area contributed by atoms with Crippen molar-refractivity contribution in [3.05, 3.63) is 29.3 Å². The molecular formula is C12H15F2NO2S. The molecule has 1 aromatic carbocycles. The van der Waals surface area contributed by atoms with E-state index < -0.39 is 26.4 Å². The highest BCUT2D eigenvalue weighted by molar-refractivity contribution is 7.90. The molecule has 0 spiro atoms. The Labute approximate surface area is 105 Å². The summed E-state index contributed by atoms with van der Waals surface area (Å²) in [5.74, 6) is -1.99. The van der Waals surface area contributed by atoms with Crippen molar-refractivity contribution < 1.29 is 17.2 Å². The van der Waals surface area contributed by atoms with Gasteiger partial charge in [-0.05, 0) is 25.5 Å². The van der Waals surface area contributed by atoms with Crippen LogP contribution in [0.3, 0.4) is 0 Å². The molecule has 0 bridgehead atoms. The lowest BCUT2D eigenvalue weighted by atomic mass is 9.97. The average molecular weight is 275 g/mol. The van der Waals surface area contributed by atoms with Crippen LogP contribution in [0.1, 0.15) is 30.9 Å². The quantitative estimate of drug-likeness (QED) is 0.900. The van der Waals surface area contributed by atoms with Crippen molar-refractivity contribution in [2.24, 2.45) is 0 Å². The number of sulfone groups is 1. The molecule has 1 fully saturated rings. The SMILES string of the molecule is CS(=O)(=O)c1c(F)ccc(C2CCCCN2)c1F. The maximum absolute atomic E-state index is 14.2. The predicted octanol–water partition coefficient (Wildman–Crippen LogP) is 2.18. The molecule has 6 heteroatoms. The standard InChI is InChI=1S/C12H15F2NO2S/c1-18(16,17)12-9(13)6-5-8(11(12)14)10-4-2-3-7-15-10/h5-6,10,15H,2-4,7H2,1H3. The second-order valence-electron chi connectivity index (χ2n) is 4.55. The largest absolute Gasteiger partial charge is 0.310 e. The minimum absolute atomic E-state index is 0.233. The van der Waals surface area contributed by atoms with Crippen molar-refractivity contribution >= 4 is 9.84 Å². The Hall–Kier alpha value is -1.01. The maximum Gasteiger partial charge on any atom is 0.181 e. The molecule has 0 aliphatic carbocycles. The summed E-state index contributed by atoms with van der Waals surface area (Å²) >= 11 is 0. The van der Waals surface area contributed by atoms with Crippen molar-refractivity contribution in [1.29, 1.82) is 0 Å². The summed E-state index contributed by atoms with van der Waals surface area (Å²) in [6, 6.07) is 2.10. The van der Waals surface area contributed by atoms with Gasteiger partial charge in [0.15, 0.2) is 9.84 Å². The third kappa shape index (κ3) is 2.54. The molecule has 3 nitrogen and oxygen atoms in total. The first-order chi connectivity index (χ1) is 8.41. The Morgan fingerprint density at radius 3 is 2.56 bits per heavy atom. The predicted molar refractivity (Wildman–Crippen MR) is 64.1 cm³/mol. The van der Waals surface area contributed by atoms with E-state index in [-0.39, 0.29) is 11.6 Å². The molecule has 1 N–H and O–H groups in total. The number of hydrogen-bond acceptors (Lipinski definition) is 3. The molecule has 2 rings (SSSR count). The second kappa shape index (κ2) is 4.93. The Morgan fingerprint density at radius 1 is 1.28 bits per heavy atom. The maximum atomic E-state index is 14.2. The first-order valence-electron chi connectivity index (χ1n) is 5.82. The van der Waals surface area contributed by atoms with Gasteiger partial charge in [0.2, 0.25) is 0 Å². The normalized spacial score (nSPS) is 20.9. The molecule has 1 saturated heterocycles.